The van der Waals surface area contributed by atoms with Gasteiger partial charge in [0.2, 0.25) is 0 Å². The van der Waals surface area contributed by atoms with Crippen LogP contribution < -0.4 is 17.2 Å². The van der Waals surface area contributed by atoms with Crippen LogP contribution in [0.1, 0.15) is 12.0 Å². The van der Waals surface area contributed by atoms with E-state index >= 15 is 0 Å². The van der Waals surface area contributed by atoms with Crippen LogP contribution in [0.25, 0.3) is 0 Å². The van der Waals surface area contributed by atoms with Crippen LogP contribution in [0, 0.1) is 0 Å². The minimum absolute atomic E-state index is 0.0167. The van der Waals surface area contributed by atoms with Gasteiger partial charge in [0.25, 0.3) is 0 Å². The van der Waals surface area contributed by atoms with Crippen molar-refractivity contribution < 1.29 is 9.90 Å². The van der Waals surface area contributed by atoms with E-state index in [4.69, 9.17) is 22.3 Å². The van der Waals surface area contributed by atoms with E-state index in [2.05, 4.69) is 4.99 Å². The number of carboxylic acids is 1. The molecule has 6 nitrogen and oxygen atoms in total. The molecule has 1 atom stereocenters. The summed E-state index contributed by atoms with van der Waals surface area (Å²) < 4.78 is 0. The summed E-state index contributed by atoms with van der Waals surface area (Å²) in [5.41, 5.74) is 17.8. The van der Waals surface area contributed by atoms with Crippen LogP contribution >= 0.6 is 0 Å². The summed E-state index contributed by atoms with van der Waals surface area (Å²) in [5, 5.41) is 8.60. The molecular formula is C11H16N4O2. The molecule has 0 heterocycles. The largest absolute Gasteiger partial charge is 0.481 e. The van der Waals surface area contributed by atoms with Crippen molar-refractivity contribution in [2.45, 2.75) is 18.9 Å². The first-order valence-corrected chi connectivity index (χ1v) is 5.13. The first-order valence-electron chi connectivity index (χ1n) is 5.13. The van der Waals surface area contributed by atoms with Gasteiger partial charge in [-0.15, -0.1) is 0 Å². The zero-order valence-electron chi connectivity index (χ0n) is 9.34. The lowest BCUT2D eigenvalue weighted by Crippen LogP contribution is -2.26. The number of aliphatic imine (C=N–C) groups is 1. The summed E-state index contributed by atoms with van der Waals surface area (Å²) in [6.45, 7) is 0. The average Bonchev–Trinajstić information content (AvgIpc) is 2.14. The number of nitrogens with zero attached hydrogens (tertiary/aromatic N) is 1. The number of guanidine groups is 1. The van der Waals surface area contributed by atoms with Gasteiger partial charge in [-0.3, -0.25) is 4.79 Å². The molecule has 0 saturated heterocycles. The highest BCUT2D eigenvalue weighted by Gasteiger charge is 2.09. The van der Waals surface area contributed by atoms with Crippen molar-refractivity contribution in [2.24, 2.45) is 22.2 Å². The lowest BCUT2D eigenvalue weighted by molar-refractivity contribution is -0.137. The van der Waals surface area contributed by atoms with Gasteiger partial charge in [0, 0.05) is 6.04 Å². The van der Waals surface area contributed by atoms with Gasteiger partial charge in [-0.2, -0.15) is 0 Å². The third-order valence-corrected chi connectivity index (χ3v) is 2.10. The molecule has 0 bridgehead atoms. The normalized spacial score (nSPS) is 11.8. The van der Waals surface area contributed by atoms with E-state index in [0.29, 0.717) is 12.1 Å². The van der Waals surface area contributed by atoms with Crippen LogP contribution in [-0.2, 0) is 11.2 Å². The van der Waals surface area contributed by atoms with E-state index in [1.165, 1.54) is 0 Å². The highest BCUT2D eigenvalue weighted by molar-refractivity contribution is 5.79. The highest BCUT2D eigenvalue weighted by Crippen LogP contribution is 2.15. The molecule has 1 aromatic rings. The fourth-order valence-corrected chi connectivity index (χ4v) is 1.50. The number of hydrogen-bond donors (Lipinski definition) is 4. The molecule has 6 heteroatoms. The Hall–Kier alpha value is -2.08. The molecule has 7 N–H and O–H groups in total. The van der Waals surface area contributed by atoms with Crippen LogP contribution in [-0.4, -0.2) is 23.1 Å². The monoisotopic (exact) mass is 236 g/mol. The van der Waals surface area contributed by atoms with Crippen LogP contribution in [0.5, 0.6) is 0 Å². The predicted octanol–water partition coefficient (Wildman–Crippen LogP) is -0.0640. The molecule has 1 aromatic carbocycles. The van der Waals surface area contributed by atoms with Crippen LogP contribution in [0.3, 0.4) is 0 Å². The van der Waals surface area contributed by atoms with Gasteiger partial charge in [-0.25, -0.2) is 4.99 Å². The number of aliphatic carboxylic acids is 1. The molecule has 0 spiro atoms. The maximum absolute atomic E-state index is 10.5. The van der Waals surface area contributed by atoms with Gasteiger partial charge in [0.15, 0.2) is 5.96 Å². The molecule has 0 amide bonds. The van der Waals surface area contributed by atoms with Crippen molar-refractivity contribution in [1.29, 1.82) is 0 Å². The quantitative estimate of drug-likeness (QED) is 0.420. The first-order chi connectivity index (χ1) is 7.97. The Morgan fingerprint density at radius 1 is 1.41 bits per heavy atom. The topological polar surface area (TPSA) is 128 Å². The molecule has 17 heavy (non-hydrogen) atoms. The Labute approximate surface area is 99.1 Å². The van der Waals surface area contributed by atoms with Crippen molar-refractivity contribution in [1.82, 2.24) is 0 Å². The summed E-state index contributed by atoms with van der Waals surface area (Å²) in [4.78, 5) is 14.4. The number of nitrogens with two attached hydrogens (primary N) is 3. The standard InChI is InChI=1S/C11H16N4O2/c12-8(6-10(16)17)4-7-2-1-3-9(5-7)15-11(13)14/h1-3,5,8H,4,6,12H2,(H,16,17)(H4,13,14,15)/t8-/m0/s1. The van der Waals surface area contributed by atoms with E-state index in [-0.39, 0.29) is 12.4 Å². The third-order valence-electron chi connectivity index (χ3n) is 2.10. The smallest absolute Gasteiger partial charge is 0.304 e. The molecule has 1 rings (SSSR count). The van der Waals surface area contributed by atoms with Gasteiger partial charge in [0.1, 0.15) is 0 Å². The summed E-state index contributed by atoms with van der Waals surface area (Å²) in [6.07, 6.45) is 0.409. The van der Waals surface area contributed by atoms with Crippen molar-refractivity contribution in [2.75, 3.05) is 0 Å². The minimum Gasteiger partial charge on any atom is -0.481 e. The number of carboxylic acid groups (broad SMARTS) is 1. The molecule has 0 radical (unpaired) electrons. The Bertz CT molecular complexity index is 427. The Kier molecular flexibility index (Phi) is 4.47. The van der Waals surface area contributed by atoms with Crippen LogP contribution in [0.15, 0.2) is 29.3 Å². The van der Waals surface area contributed by atoms with Crippen molar-refractivity contribution in [3.8, 4) is 0 Å². The zero-order chi connectivity index (χ0) is 12.8. The summed E-state index contributed by atoms with van der Waals surface area (Å²) in [6, 6.07) is 6.77. The molecule has 0 aromatic heterocycles. The maximum Gasteiger partial charge on any atom is 0.304 e. The lowest BCUT2D eigenvalue weighted by Gasteiger charge is -2.09. The first kappa shape index (κ1) is 13.0. The van der Waals surface area contributed by atoms with Gasteiger partial charge >= 0.3 is 5.97 Å². The molecular weight excluding hydrogens is 220 g/mol. The average molecular weight is 236 g/mol. The van der Waals surface area contributed by atoms with E-state index in [1.807, 2.05) is 6.07 Å². The third kappa shape index (κ3) is 4.98. The van der Waals surface area contributed by atoms with Gasteiger partial charge < -0.3 is 22.3 Å². The number of rotatable bonds is 5. The molecule has 0 unspecified atom stereocenters. The maximum atomic E-state index is 10.5. The van der Waals surface area contributed by atoms with Crippen LogP contribution in [0.2, 0.25) is 0 Å². The van der Waals surface area contributed by atoms with Crippen LogP contribution in [0.4, 0.5) is 5.69 Å². The number of hydrogen-bond acceptors (Lipinski definition) is 3. The van der Waals surface area contributed by atoms with Gasteiger partial charge in [-0.1, -0.05) is 12.1 Å². The lowest BCUT2D eigenvalue weighted by atomic mass is 10.0. The number of benzene rings is 1. The fraction of sp³-hybridized carbons (Fsp3) is 0.273. The van der Waals surface area contributed by atoms with Crippen molar-refractivity contribution in [3.63, 3.8) is 0 Å². The highest BCUT2D eigenvalue weighted by atomic mass is 16.4. The molecule has 0 saturated carbocycles. The second-order valence-electron chi connectivity index (χ2n) is 3.77. The minimum atomic E-state index is -0.905. The Balaban J connectivity index is 2.72. The summed E-state index contributed by atoms with van der Waals surface area (Å²) in [7, 11) is 0. The van der Waals surface area contributed by atoms with E-state index in [1.54, 1.807) is 18.2 Å². The molecule has 0 aliphatic heterocycles. The molecule has 0 aliphatic carbocycles. The fourth-order valence-electron chi connectivity index (χ4n) is 1.50. The Morgan fingerprint density at radius 3 is 2.71 bits per heavy atom. The second-order valence-corrected chi connectivity index (χ2v) is 3.77. The SMILES string of the molecule is NC(N)=Nc1cccc(C[C@H](N)CC(=O)O)c1. The second kappa shape index (κ2) is 5.86. The van der Waals surface area contributed by atoms with E-state index < -0.39 is 12.0 Å². The predicted molar refractivity (Wildman–Crippen MR) is 65.8 cm³/mol. The van der Waals surface area contributed by atoms with Gasteiger partial charge in [-0.05, 0) is 24.1 Å². The van der Waals surface area contributed by atoms with Crippen molar-refractivity contribution >= 4 is 17.6 Å². The molecule has 0 aliphatic rings. The summed E-state index contributed by atoms with van der Waals surface area (Å²) in [5.74, 6) is -0.921. The van der Waals surface area contributed by atoms with Crippen molar-refractivity contribution in [3.05, 3.63) is 29.8 Å². The Morgan fingerprint density at radius 2 is 2.12 bits per heavy atom. The van der Waals surface area contributed by atoms with E-state index in [0.717, 1.165) is 5.56 Å². The summed E-state index contributed by atoms with van der Waals surface area (Å²) >= 11 is 0. The molecule has 0 fully saturated rings. The molecule has 92 valence electrons. The van der Waals surface area contributed by atoms with Gasteiger partial charge in [0.05, 0.1) is 12.1 Å². The van der Waals surface area contributed by atoms with E-state index in [9.17, 15) is 4.79 Å². The number of carbonyl (C=O) groups is 1. The zero-order valence-corrected chi connectivity index (χ0v) is 9.34.